The lowest BCUT2D eigenvalue weighted by Crippen LogP contribution is -2.38. The van der Waals surface area contributed by atoms with Gasteiger partial charge in [-0.15, -0.1) is 0 Å². The van der Waals surface area contributed by atoms with Gasteiger partial charge in [-0.1, -0.05) is 0 Å². The van der Waals surface area contributed by atoms with Crippen molar-refractivity contribution in [1.29, 1.82) is 0 Å². The molecule has 0 aromatic rings. The molecule has 3 atom stereocenters. The van der Waals surface area contributed by atoms with E-state index in [4.69, 9.17) is 4.74 Å². The first-order valence-corrected chi connectivity index (χ1v) is 6.79. The van der Waals surface area contributed by atoms with E-state index in [1.54, 1.807) is 0 Å². The van der Waals surface area contributed by atoms with Crippen LogP contribution in [-0.2, 0) is 4.74 Å². The highest BCUT2D eigenvalue weighted by atomic mass is 16.5. The molecule has 3 unspecified atom stereocenters. The molecule has 2 fully saturated rings. The van der Waals surface area contributed by atoms with Crippen LogP contribution in [-0.4, -0.2) is 50.3 Å². The van der Waals surface area contributed by atoms with Gasteiger partial charge in [-0.05, 0) is 52.1 Å². The van der Waals surface area contributed by atoms with Gasteiger partial charge in [0, 0.05) is 25.7 Å². The Balaban J connectivity index is 1.68. The third kappa shape index (κ3) is 3.44. The normalized spacial score (nSPS) is 35.8. The summed E-state index contributed by atoms with van der Waals surface area (Å²) in [4.78, 5) is 2.46. The minimum absolute atomic E-state index is 0.489. The summed E-state index contributed by atoms with van der Waals surface area (Å²) in [5, 5.41) is 3.52. The number of nitrogens with one attached hydrogen (secondary N) is 1. The first-order valence-electron chi connectivity index (χ1n) is 6.79. The van der Waals surface area contributed by atoms with Gasteiger partial charge in [-0.25, -0.2) is 0 Å². The van der Waals surface area contributed by atoms with Crippen LogP contribution in [0.3, 0.4) is 0 Å². The van der Waals surface area contributed by atoms with Crippen LogP contribution in [0.2, 0.25) is 0 Å². The zero-order valence-electron chi connectivity index (χ0n) is 10.7. The van der Waals surface area contributed by atoms with Crippen molar-refractivity contribution in [2.45, 2.75) is 44.8 Å². The Kier molecular flexibility index (Phi) is 4.62. The smallest absolute Gasteiger partial charge is 0.0701 e. The number of likely N-dealkylation sites (N-methyl/N-ethyl adjacent to an activating group) is 1. The molecule has 94 valence electrons. The zero-order chi connectivity index (χ0) is 11.4. The quantitative estimate of drug-likeness (QED) is 0.786. The Bertz CT molecular complexity index is 204. The monoisotopic (exact) mass is 226 g/mol. The second-order valence-electron chi connectivity index (χ2n) is 5.50. The maximum atomic E-state index is 5.78. The second kappa shape index (κ2) is 5.99. The van der Waals surface area contributed by atoms with Crippen LogP contribution >= 0.6 is 0 Å². The lowest BCUT2D eigenvalue weighted by molar-refractivity contribution is -0.00359. The van der Waals surface area contributed by atoms with Gasteiger partial charge < -0.3 is 15.0 Å². The summed E-state index contributed by atoms with van der Waals surface area (Å²) in [5.41, 5.74) is 0. The molecule has 0 radical (unpaired) electrons. The van der Waals surface area contributed by atoms with Crippen molar-refractivity contribution >= 4 is 0 Å². The van der Waals surface area contributed by atoms with E-state index < -0.39 is 0 Å². The van der Waals surface area contributed by atoms with Crippen LogP contribution in [0.15, 0.2) is 0 Å². The predicted octanol–water partition coefficient (Wildman–Crippen LogP) is 1.49. The fourth-order valence-corrected chi connectivity index (χ4v) is 2.94. The minimum Gasteiger partial charge on any atom is -0.377 e. The van der Waals surface area contributed by atoms with Crippen LogP contribution in [0, 0.1) is 5.92 Å². The number of hydrogen-bond donors (Lipinski definition) is 1. The van der Waals surface area contributed by atoms with Crippen LogP contribution in [0.1, 0.15) is 32.6 Å². The average molecular weight is 226 g/mol. The Morgan fingerprint density at radius 2 is 2.12 bits per heavy atom. The van der Waals surface area contributed by atoms with Crippen LogP contribution in [0.5, 0.6) is 0 Å². The first-order chi connectivity index (χ1) is 7.75. The largest absolute Gasteiger partial charge is 0.377 e. The molecule has 3 heteroatoms. The molecular formula is C13H26N2O. The molecule has 1 N–H and O–H groups in total. The summed E-state index contributed by atoms with van der Waals surface area (Å²) >= 11 is 0. The van der Waals surface area contributed by atoms with Gasteiger partial charge >= 0.3 is 0 Å². The number of nitrogens with zero attached hydrogens (tertiary/aromatic N) is 1. The van der Waals surface area contributed by atoms with E-state index >= 15 is 0 Å². The molecule has 2 aliphatic heterocycles. The highest BCUT2D eigenvalue weighted by Gasteiger charge is 2.25. The zero-order valence-corrected chi connectivity index (χ0v) is 10.7. The third-order valence-electron chi connectivity index (χ3n) is 4.02. The molecule has 0 aromatic carbocycles. The summed E-state index contributed by atoms with van der Waals surface area (Å²) in [6, 6.07) is 0.690. The van der Waals surface area contributed by atoms with E-state index in [9.17, 15) is 0 Å². The lowest BCUT2D eigenvalue weighted by atomic mass is 10.0. The summed E-state index contributed by atoms with van der Waals surface area (Å²) in [7, 11) is 2.24. The lowest BCUT2D eigenvalue weighted by Gasteiger charge is -2.29. The molecule has 0 aliphatic carbocycles. The molecule has 0 saturated carbocycles. The van der Waals surface area contributed by atoms with Crippen molar-refractivity contribution in [2.75, 3.05) is 33.3 Å². The number of hydrogen-bond acceptors (Lipinski definition) is 3. The molecule has 2 heterocycles. The summed E-state index contributed by atoms with van der Waals surface area (Å²) < 4.78 is 5.78. The van der Waals surface area contributed by atoms with Gasteiger partial charge in [0.05, 0.1) is 6.10 Å². The average Bonchev–Trinajstić information content (AvgIpc) is 2.66. The Hall–Kier alpha value is -0.120. The minimum atomic E-state index is 0.489. The van der Waals surface area contributed by atoms with Crippen molar-refractivity contribution in [3.63, 3.8) is 0 Å². The van der Waals surface area contributed by atoms with E-state index in [0.717, 1.165) is 19.1 Å². The third-order valence-corrected chi connectivity index (χ3v) is 4.02. The van der Waals surface area contributed by atoms with Gasteiger partial charge in [-0.3, -0.25) is 0 Å². The Morgan fingerprint density at radius 3 is 2.75 bits per heavy atom. The molecule has 16 heavy (non-hydrogen) atoms. The van der Waals surface area contributed by atoms with Gasteiger partial charge in [0.25, 0.3) is 0 Å². The van der Waals surface area contributed by atoms with E-state index in [1.807, 2.05) is 0 Å². The van der Waals surface area contributed by atoms with Gasteiger partial charge in [0.15, 0.2) is 0 Å². The molecule has 3 nitrogen and oxygen atoms in total. The SMILES string of the molecule is CC1NCCC1CN(C)CC1CCCCO1. The Labute approximate surface area is 99.5 Å². The van der Waals surface area contributed by atoms with Crippen LogP contribution in [0.4, 0.5) is 0 Å². The summed E-state index contributed by atoms with van der Waals surface area (Å²) in [6.45, 7) is 6.80. The topological polar surface area (TPSA) is 24.5 Å². The number of rotatable bonds is 4. The van der Waals surface area contributed by atoms with Crippen molar-refractivity contribution in [1.82, 2.24) is 10.2 Å². The van der Waals surface area contributed by atoms with E-state index in [2.05, 4.69) is 24.2 Å². The van der Waals surface area contributed by atoms with Crippen molar-refractivity contribution in [3.05, 3.63) is 0 Å². The summed E-state index contributed by atoms with van der Waals surface area (Å²) in [6.07, 6.45) is 5.67. The molecule has 0 aromatic heterocycles. The highest BCUT2D eigenvalue weighted by molar-refractivity contribution is 4.82. The highest BCUT2D eigenvalue weighted by Crippen LogP contribution is 2.18. The van der Waals surface area contributed by atoms with E-state index in [1.165, 1.54) is 38.8 Å². The van der Waals surface area contributed by atoms with Crippen molar-refractivity contribution in [3.8, 4) is 0 Å². The number of ether oxygens (including phenoxy) is 1. The second-order valence-corrected chi connectivity index (χ2v) is 5.50. The maximum Gasteiger partial charge on any atom is 0.0701 e. The fourth-order valence-electron chi connectivity index (χ4n) is 2.94. The maximum absolute atomic E-state index is 5.78. The molecule has 2 rings (SSSR count). The molecule has 0 amide bonds. The predicted molar refractivity (Wildman–Crippen MR) is 66.7 cm³/mol. The molecule has 0 spiro atoms. The van der Waals surface area contributed by atoms with Crippen molar-refractivity contribution in [2.24, 2.45) is 5.92 Å². The standard InChI is InChI=1S/C13H26N2O/c1-11-12(6-7-14-11)9-15(2)10-13-5-3-4-8-16-13/h11-14H,3-10H2,1-2H3. The van der Waals surface area contributed by atoms with Gasteiger partial charge in [0.1, 0.15) is 0 Å². The Morgan fingerprint density at radius 1 is 1.25 bits per heavy atom. The molecule has 2 aliphatic rings. The molecule has 0 bridgehead atoms. The van der Waals surface area contributed by atoms with Gasteiger partial charge in [0.2, 0.25) is 0 Å². The van der Waals surface area contributed by atoms with Crippen LogP contribution in [0.25, 0.3) is 0 Å². The van der Waals surface area contributed by atoms with Crippen molar-refractivity contribution < 1.29 is 4.74 Å². The van der Waals surface area contributed by atoms with Crippen LogP contribution < -0.4 is 5.32 Å². The fraction of sp³-hybridized carbons (Fsp3) is 1.00. The molecular weight excluding hydrogens is 200 g/mol. The summed E-state index contributed by atoms with van der Waals surface area (Å²) in [5.74, 6) is 0.827. The van der Waals surface area contributed by atoms with Gasteiger partial charge in [-0.2, -0.15) is 0 Å². The van der Waals surface area contributed by atoms with E-state index in [0.29, 0.717) is 12.1 Å². The first kappa shape index (κ1) is 12.3. The molecule has 2 saturated heterocycles. The van der Waals surface area contributed by atoms with E-state index in [-0.39, 0.29) is 0 Å².